The zero-order chi connectivity index (χ0) is 69.6. The number of unbranched alkanes of at least 4 members (excludes halogenated alkanes) is 36. The molecule has 94 heavy (non-hydrogen) atoms. The molecule has 0 bridgehead atoms. The monoisotopic (exact) mass is 1380 g/mol. The van der Waals surface area contributed by atoms with Crippen molar-refractivity contribution in [3.05, 3.63) is 0 Å². The molecule has 0 aromatic heterocycles. The summed E-state index contributed by atoms with van der Waals surface area (Å²) in [6.07, 6.45) is 48.7. The van der Waals surface area contributed by atoms with E-state index in [9.17, 15) is 43.2 Å². The fraction of sp³-hybridized carbons (Fsp3) is 0.947. The first-order valence-corrected chi connectivity index (χ1v) is 41.8. The van der Waals surface area contributed by atoms with Crippen molar-refractivity contribution < 1.29 is 80.2 Å². The van der Waals surface area contributed by atoms with E-state index in [0.29, 0.717) is 31.6 Å². The lowest BCUT2D eigenvalue weighted by Crippen LogP contribution is -2.30. The number of carbonyl (C=O) groups excluding carboxylic acids is 4. The minimum atomic E-state index is -4.96. The lowest BCUT2D eigenvalue weighted by Gasteiger charge is -2.21. The number of ether oxygens (including phenoxy) is 4. The Labute approximate surface area is 575 Å². The Balaban J connectivity index is 5.23. The second-order valence-corrected chi connectivity index (χ2v) is 31.4. The van der Waals surface area contributed by atoms with Crippen LogP contribution in [0.15, 0.2) is 0 Å². The lowest BCUT2D eigenvalue weighted by atomic mass is 9.99. The molecule has 0 heterocycles. The van der Waals surface area contributed by atoms with E-state index in [1.165, 1.54) is 173 Å². The number of carbonyl (C=O) groups is 4. The summed E-state index contributed by atoms with van der Waals surface area (Å²) in [6.45, 7) is 14.2. The van der Waals surface area contributed by atoms with Gasteiger partial charge >= 0.3 is 39.5 Å². The number of phosphoric ester groups is 2. The molecule has 0 saturated carbocycles. The van der Waals surface area contributed by atoms with E-state index in [-0.39, 0.29) is 25.7 Å². The largest absolute Gasteiger partial charge is 0.472 e. The van der Waals surface area contributed by atoms with Gasteiger partial charge in [0.2, 0.25) is 0 Å². The molecular weight excluding hydrogens is 1230 g/mol. The van der Waals surface area contributed by atoms with Gasteiger partial charge in [-0.2, -0.15) is 0 Å². The zero-order valence-corrected chi connectivity index (χ0v) is 63.4. The van der Waals surface area contributed by atoms with E-state index in [2.05, 4.69) is 55.4 Å². The Morgan fingerprint density at radius 1 is 0.298 bits per heavy atom. The third-order valence-electron chi connectivity index (χ3n) is 18.0. The van der Waals surface area contributed by atoms with Crippen LogP contribution in [0.1, 0.15) is 376 Å². The summed E-state index contributed by atoms with van der Waals surface area (Å²) in [5.74, 6) is 0.938. The third kappa shape index (κ3) is 66.0. The zero-order valence-electron chi connectivity index (χ0n) is 61.6. The van der Waals surface area contributed by atoms with Crippen molar-refractivity contribution in [2.24, 2.45) is 23.7 Å². The second-order valence-electron chi connectivity index (χ2n) is 28.5. The third-order valence-corrected chi connectivity index (χ3v) is 19.9. The van der Waals surface area contributed by atoms with Crippen LogP contribution < -0.4 is 0 Å². The Morgan fingerprint density at radius 3 is 0.755 bits per heavy atom. The molecule has 3 N–H and O–H groups in total. The average Bonchev–Trinajstić information content (AvgIpc) is 1.63. The molecule has 4 unspecified atom stereocenters. The first-order valence-electron chi connectivity index (χ1n) is 38.8. The Morgan fingerprint density at radius 2 is 0.511 bits per heavy atom. The Hall–Kier alpha value is -1.94. The topological polar surface area (TPSA) is 237 Å². The van der Waals surface area contributed by atoms with Gasteiger partial charge in [-0.1, -0.05) is 325 Å². The van der Waals surface area contributed by atoms with Crippen LogP contribution in [0.4, 0.5) is 0 Å². The van der Waals surface area contributed by atoms with E-state index in [4.69, 9.17) is 37.0 Å². The van der Waals surface area contributed by atoms with Crippen molar-refractivity contribution in [1.29, 1.82) is 0 Å². The first kappa shape index (κ1) is 92.1. The molecule has 0 amide bonds. The number of aliphatic hydroxyl groups excluding tert-OH is 1. The van der Waals surface area contributed by atoms with Crippen molar-refractivity contribution in [1.82, 2.24) is 0 Å². The van der Waals surface area contributed by atoms with Gasteiger partial charge in [-0.05, 0) is 49.4 Å². The van der Waals surface area contributed by atoms with E-state index in [1.807, 2.05) is 0 Å². The Kier molecular flexibility index (Phi) is 63.1. The normalized spacial score (nSPS) is 14.7. The molecule has 558 valence electrons. The van der Waals surface area contributed by atoms with Gasteiger partial charge in [0.05, 0.1) is 26.4 Å². The van der Waals surface area contributed by atoms with Crippen LogP contribution in [0, 0.1) is 23.7 Å². The summed E-state index contributed by atoms with van der Waals surface area (Å²) < 4.78 is 68.4. The molecular formula is C75H146O17P2. The number of hydrogen-bond acceptors (Lipinski definition) is 15. The average molecular weight is 1380 g/mol. The number of hydrogen-bond donors (Lipinski definition) is 3. The molecule has 0 fully saturated rings. The molecule has 0 spiro atoms. The molecule has 0 aromatic rings. The quantitative estimate of drug-likeness (QED) is 0.0222. The van der Waals surface area contributed by atoms with Gasteiger partial charge in [-0.25, -0.2) is 9.13 Å². The van der Waals surface area contributed by atoms with Gasteiger partial charge in [0.25, 0.3) is 0 Å². The number of esters is 4. The summed E-state index contributed by atoms with van der Waals surface area (Å²) in [6, 6.07) is 0. The minimum Gasteiger partial charge on any atom is -0.462 e. The lowest BCUT2D eigenvalue weighted by molar-refractivity contribution is -0.161. The van der Waals surface area contributed by atoms with Crippen molar-refractivity contribution in [3.63, 3.8) is 0 Å². The maximum atomic E-state index is 13.1. The smallest absolute Gasteiger partial charge is 0.462 e. The highest BCUT2D eigenvalue weighted by molar-refractivity contribution is 7.47. The molecule has 0 aliphatic heterocycles. The van der Waals surface area contributed by atoms with Gasteiger partial charge in [-0.3, -0.25) is 37.3 Å². The molecule has 0 radical (unpaired) electrons. The van der Waals surface area contributed by atoms with Crippen molar-refractivity contribution in [2.75, 3.05) is 39.6 Å². The van der Waals surface area contributed by atoms with Crippen LogP contribution in [0.5, 0.6) is 0 Å². The first-order chi connectivity index (χ1) is 45.2. The van der Waals surface area contributed by atoms with Gasteiger partial charge in [0, 0.05) is 25.7 Å². The molecule has 0 aromatic carbocycles. The van der Waals surface area contributed by atoms with E-state index in [0.717, 1.165) is 114 Å². The SMILES string of the molecule is CCC(C)CCCCCCCCCCCCCCCCC(=O)OC[C@H](COP(=O)(O)OC[C@@H](O)COP(=O)(O)OC[C@@H](COC(=O)CCCCCCCCC(C)CC)OC(=O)CCCCCCCCCC(C)C)OC(=O)CCCCCCCCCCCCCCCC(C)C. The van der Waals surface area contributed by atoms with Gasteiger partial charge in [0.15, 0.2) is 12.2 Å². The number of rotatable bonds is 72. The van der Waals surface area contributed by atoms with Crippen LogP contribution >= 0.6 is 15.6 Å². The van der Waals surface area contributed by atoms with Crippen molar-refractivity contribution >= 4 is 39.5 Å². The molecule has 0 aliphatic rings. The van der Waals surface area contributed by atoms with Gasteiger partial charge in [-0.15, -0.1) is 0 Å². The highest BCUT2D eigenvalue weighted by Gasteiger charge is 2.30. The minimum absolute atomic E-state index is 0.102. The fourth-order valence-corrected chi connectivity index (χ4v) is 12.9. The van der Waals surface area contributed by atoms with Crippen LogP contribution in [0.3, 0.4) is 0 Å². The second kappa shape index (κ2) is 64.4. The van der Waals surface area contributed by atoms with Crippen LogP contribution in [0.2, 0.25) is 0 Å². The summed E-state index contributed by atoms with van der Waals surface area (Å²) in [5, 5.41) is 10.6. The summed E-state index contributed by atoms with van der Waals surface area (Å²) in [4.78, 5) is 72.7. The van der Waals surface area contributed by atoms with Crippen molar-refractivity contribution in [2.45, 2.75) is 395 Å². The summed E-state index contributed by atoms with van der Waals surface area (Å²) >= 11 is 0. The molecule has 19 heteroatoms. The molecule has 0 aliphatic carbocycles. The van der Waals surface area contributed by atoms with Crippen LogP contribution in [0.25, 0.3) is 0 Å². The molecule has 0 rings (SSSR count). The predicted molar refractivity (Wildman–Crippen MR) is 381 cm³/mol. The molecule has 17 nitrogen and oxygen atoms in total. The van der Waals surface area contributed by atoms with E-state index in [1.54, 1.807) is 0 Å². The highest BCUT2D eigenvalue weighted by Crippen LogP contribution is 2.45. The Bertz CT molecular complexity index is 1850. The molecule has 0 saturated heterocycles. The van der Waals surface area contributed by atoms with E-state index >= 15 is 0 Å². The fourth-order valence-electron chi connectivity index (χ4n) is 11.3. The summed E-state index contributed by atoms with van der Waals surface area (Å²) in [5.41, 5.74) is 0. The van der Waals surface area contributed by atoms with Gasteiger partial charge < -0.3 is 33.8 Å². The summed E-state index contributed by atoms with van der Waals surface area (Å²) in [7, 11) is -9.91. The van der Waals surface area contributed by atoms with E-state index < -0.39 is 97.5 Å². The molecule has 7 atom stereocenters. The van der Waals surface area contributed by atoms with Crippen molar-refractivity contribution in [3.8, 4) is 0 Å². The highest BCUT2D eigenvalue weighted by atomic mass is 31.2. The van der Waals surface area contributed by atoms with Crippen LogP contribution in [-0.4, -0.2) is 96.7 Å². The maximum Gasteiger partial charge on any atom is 0.472 e. The van der Waals surface area contributed by atoms with Crippen LogP contribution in [-0.2, 0) is 65.4 Å². The number of aliphatic hydroxyl groups is 1. The standard InChI is InChI=1S/C75H146O17P2/c1-9-67(7)53-45-37-29-23-19-15-11-12-16-20-24-30-39-47-55-72(77)85-61-70(91-74(79)57-49-41-31-25-21-17-13-14-18-22-27-35-43-51-65(3)4)63-89-93(81,82)87-59-69(76)60-88-94(83,84)90-64-71(92-75(80)58-50-42-32-26-28-36-44-52-66(5)6)62-86-73(78)56-48-40-34-33-38-46-54-68(8)10-2/h65-71,76H,9-64H2,1-8H3,(H,81,82)(H,83,84)/t67?,68?,69-,70-,71-/m1/s1. The number of phosphoric acid groups is 2. The maximum absolute atomic E-state index is 13.1. The van der Waals surface area contributed by atoms with Gasteiger partial charge in [0.1, 0.15) is 19.3 Å². The predicted octanol–water partition coefficient (Wildman–Crippen LogP) is 21.7.